The third-order valence-electron chi connectivity index (χ3n) is 3.52. The molecule has 5 nitrogen and oxygen atoms in total. The molecule has 0 radical (unpaired) electrons. The number of nitrogens with zero attached hydrogens (tertiary/aromatic N) is 4. The Labute approximate surface area is 114 Å². The Kier molecular flexibility index (Phi) is 3.13. The fourth-order valence-electron chi connectivity index (χ4n) is 2.59. The Bertz CT molecular complexity index is 586. The fraction of sp³-hybridized carbons (Fsp3) is 0.545. The molecule has 1 fully saturated rings. The maximum Gasteiger partial charge on any atom is 0.225 e. The van der Waals surface area contributed by atoms with Gasteiger partial charge in [-0.25, -0.2) is 9.97 Å². The highest BCUT2D eigenvalue weighted by atomic mass is 35.5. The van der Waals surface area contributed by atoms with Crippen LogP contribution in [0.25, 0.3) is 11.2 Å². The van der Waals surface area contributed by atoms with E-state index in [1.807, 2.05) is 4.57 Å². The highest BCUT2D eigenvalue weighted by molar-refractivity contribution is 6.35. The van der Waals surface area contributed by atoms with Crippen molar-refractivity contribution in [3.63, 3.8) is 0 Å². The summed E-state index contributed by atoms with van der Waals surface area (Å²) in [5.74, 6) is 0.361. The van der Waals surface area contributed by atoms with Gasteiger partial charge in [-0.05, 0) is 36.8 Å². The van der Waals surface area contributed by atoms with Crippen LogP contribution < -0.4 is 0 Å². The monoisotopic (exact) mass is 286 g/mol. The zero-order valence-corrected chi connectivity index (χ0v) is 11.1. The molecule has 3 rings (SSSR count). The largest absolute Gasteiger partial charge is 0.396 e. The summed E-state index contributed by atoms with van der Waals surface area (Å²) in [6.07, 6.45) is 4.69. The van der Waals surface area contributed by atoms with Crippen molar-refractivity contribution in [2.24, 2.45) is 5.92 Å². The van der Waals surface area contributed by atoms with Gasteiger partial charge in [0.15, 0.2) is 10.8 Å². The van der Waals surface area contributed by atoms with Crippen molar-refractivity contribution in [3.8, 4) is 0 Å². The topological polar surface area (TPSA) is 63.8 Å². The zero-order chi connectivity index (χ0) is 12.7. The van der Waals surface area contributed by atoms with Gasteiger partial charge in [-0.1, -0.05) is 11.6 Å². The highest BCUT2D eigenvalue weighted by Crippen LogP contribution is 2.36. The molecule has 2 aromatic rings. The maximum absolute atomic E-state index is 9.19. The standard InChI is InChI=1S/C11H12Cl2N4O/c12-9-8-10(16-11(13)15-9)17(5-14-8)7-2-1-6(3-7)4-18/h5-7,18H,1-4H2. The smallest absolute Gasteiger partial charge is 0.225 e. The summed E-state index contributed by atoms with van der Waals surface area (Å²) in [4.78, 5) is 12.3. The van der Waals surface area contributed by atoms with Crippen molar-refractivity contribution in [2.75, 3.05) is 6.61 Å². The number of hydrogen-bond acceptors (Lipinski definition) is 4. The van der Waals surface area contributed by atoms with E-state index in [0.29, 0.717) is 23.1 Å². The molecular weight excluding hydrogens is 275 g/mol. The second-order valence-electron chi connectivity index (χ2n) is 4.62. The SMILES string of the molecule is OCC1CCC(n2cnc3c(Cl)nc(Cl)nc32)C1. The van der Waals surface area contributed by atoms with Gasteiger partial charge in [0.2, 0.25) is 5.28 Å². The van der Waals surface area contributed by atoms with Crippen molar-refractivity contribution in [2.45, 2.75) is 25.3 Å². The lowest BCUT2D eigenvalue weighted by molar-refractivity contribution is 0.226. The molecule has 1 aliphatic rings. The van der Waals surface area contributed by atoms with Crippen molar-refractivity contribution in [1.29, 1.82) is 0 Å². The Morgan fingerprint density at radius 1 is 1.33 bits per heavy atom. The van der Waals surface area contributed by atoms with E-state index in [2.05, 4.69) is 15.0 Å². The molecular formula is C11H12Cl2N4O. The van der Waals surface area contributed by atoms with Crippen molar-refractivity contribution in [3.05, 3.63) is 16.8 Å². The first-order chi connectivity index (χ1) is 8.69. The Balaban J connectivity index is 2.03. The lowest BCUT2D eigenvalue weighted by atomic mass is 10.1. The summed E-state index contributed by atoms with van der Waals surface area (Å²) in [5.41, 5.74) is 1.25. The number of rotatable bonds is 2. The number of hydrogen-bond donors (Lipinski definition) is 1. The van der Waals surface area contributed by atoms with Crippen LogP contribution in [-0.2, 0) is 0 Å². The van der Waals surface area contributed by atoms with Gasteiger partial charge in [-0.15, -0.1) is 0 Å². The van der Waals surface area contributed by atoms with E-state index in [0.717, 1.165) is 19.3 Å². The molecule has 1 N–H and O–H groups in total. The van der Waals surface area contributed by atoms with Crippen molar-refractivity contribution >= 4 is 34.4 Å². The molecule has 18 heavy (non-hydrogen) atoms. The van der Waals surface area contributed by atoms with E-state index in [1.54, 1.807) is 6.33 Å². The minimum Gasteiger partial charge on any atom is -0.396 e. The molecule has 1 saturated carbocycles. The lowest BCUT2D eigenvalue weighted by Crippen LogP contribution is -2.07. The van der Waals surface area contributed by atoms with Crippen LogP contribution in [0.2, 0.25) is 10.4 Å². The van der Waals surface area contributed by atoms with E-state index in [9.17, 15) is 5.11 Å². The molecule has 0 saturated heterocycles. The first-order valence-electron chi connectivity index (χ1n) is 5.85. The third kappa shape index (κ3) is 1.96. The minimum atomic E-state index is 0.131. The van der Waals surface area contributed by atoms with Gasteiger partial charge in [0.25, 0.3) is 0 Å². The second-order valence-corrected chi connectivity index (χ2v) is 5.32. The lowest BCUT2D eigenvalue weighted by Gasteiger charge is -2.12. The molecule has 0 aromatic carbocycles. The van der Waals surface area contributed by atoms with Gasteiger partial charge in [0, 0.05) is 12.6 Å². The number of fused-ring (bicyclic) bond motifs is 1. The third-order valence-corrected chi connectivity index (χ3v) is 3.95. The average molecular weight is 287 g/mol. The summed E-state index contributed by atoms with van der Waals surface area (Å²) in [7, 11) is 0. The zero-order valence-electron chi connectivity index (χ0n) is 9.55. The predicted molar refractivity (Wildman–Crippen MR) is 68.8 cm³/mol. The summed E-state index contributed by atoms with van der Waals surface area (Å²) >= 11 is 11.8. The van der Waals surface area contributed by atoms with Crippen LogP contribution in [0.4, 0.5) is 0 Å². The molecule has 0 aliphatic heterocycles. The summed E-state index contributed by atoms with van der Waals surface area (Å²) in [6.45, 7) is 0.236. The van der Waals surface area contributed by atoms with Crippen LogP contribution in [0.1, 0.15) is 25.3 Å². The van der Waals surface area contributed by atoms with Gasteiger partial charge < -0.3 is 9.67 Å². The van der Waals surface area contributed by atoms with E-state index >= 15 is 0 Å². The molecule has 0 bridgehead atoms. The average Bonchev–Trinajstić information content (AvgIpc) is 2.93. The number of aliphatic hydroxyl groups is 1. The van der Waals surface area contributed by atoms with E-state index in [-0.39, 0.29) is 17.0 Å². The van der Waals surface area contributed by atoms with Crippen LogP contribution >= 0.6 is 23.2 Å². The molecule has 7 heteroatoms. The van der Waals surface area contributed by atoms with Crippen LogP contribution in [0.3, 0.4) is 0 Å². The second kappa shape index (κ2) is 4.64. The Morgan fingerprint density at radius 2 is 2.17 bits per heavy atom. The summed E-state index contributed by atoms with van der Waals surface area (Å²) in [5, 5.41) is 9.60. The number of aromatic nitrogens is 4. The van der Waals surface area contributed by atoms with Crippen LogP contribution in [-0.4, -0.2) is 31.2 Å². The maximum atomic E-state index is 9.19. The van der Waals surface area contributed by atoms with Crippen molar-refractivity contribution < 1.29 is 5.11 Å². The van der Waals surface area contributed by atoms with Gasteiger partial charge in [0.05, 0.1) is 6.33 Å². The summed E-state index contributed by atoms with van der Waals surface area (Å²) in [6, 6.07) is 0.300. The van der Waals surface area contributed by atoms with E-state index in [1.165, 1.54) is 0 Å². The Morgan fingerprint density at radius 3 is 2.89 bits per heavy atom. The fourth-order valence-corrected chi connectivity index (χ4v) is 3.01. The molecule has 2 unspecified atom stereocenters. The van der Waals surface area contributed by atoms with E-state index in [4.69, 9.17) is 23.2 Å². The minimum absolute atomic E-state index is 0.131. The normalized spacial score (nSPS) is 23.9. The van der Waals surface area contributed by atoms with Gasteiger partial charge in [-0.3, -0.25) is 0 Å². The molecule has 96 valence electrons. The summed E-state index contributed by atoms with van der Waals surface area (Å²) < 4.78 is 1.99. The van der Waals surface area contributed by atoms with Crippen LogP contribution in [0.15, 0.2) is 6.33 Å². The first kappa shape index (κ1) is 12.1. The van der Waals surface area contributed by atoms with E-state index < -0.39 is 0 Å². The molecule has 2 aromatic heterocycles. The van der Waals surface area contributed by atoms with Gasteiger partial charge in [0.1, 0.15) is 5.52 Å². The predicted octanol–water partition coefficient (Wildman–Crippen LogP) is 2.47. The molecule has 2 heterocycles. The van der Waals surface area contributed by atoms with Crippen LogP contribution in [0.5, 0.6) is 0 Å². The quantitative estimate of drug-likeness (QED) is 0.680. The first-order valence-corrected chi connectivity index (χ1v) is 6.61. The highest BCUT2D eigenvalue weighted by Gasteiger charge is 2.27. The van der Waals surface area contributed by atoms with Crippen LogP contribution in [0, 0.1) is 5.92 Å². The number of halogens is 2. The molecule has 0 spiro atoms. The number of aliphatic hydroxyl groups excluding tert-OH is 1. The van der Waals surface area contributed by atoms with Crippen molar-refractivity contribution in [1.82, 2.24) is 19.5 Å². The molecule has 0 amide bonds. The van der Waals surface area contributed by atoms with Gasteiger partial charge in [-0.2, -0.15) is 4.98 Å². The number of imidazole rings is 1. The molecule has 1 aliphatic carbocycles. The Hall–Kier alpha value is -0.910. The van der Waals surface area contributed by atoms with Gasteiger partial charge >= 0.3 is 0 Å². The molecule has 2 atom stereocenters.